The van der Waals surface area contributed by atoms with E-state index >= 15 is 0 Å². The SMILES string of the molecule is CC[C@@H](C)NC(=O)[C@H](C)N(Cc1ccc(Cl)cc1)C(=O)CN(c1ccc(F)cc1)S(=O)(=O)c1ccc(OC)cc1. The van der Waals surface area contributed by atoms with Crippen molar-refractivity contribution in [2.24, 2.45) is 0 Å². The molecule has 11 heteroatoms. The van der Waals surface area contributed by atoms with Crippen molar-refractivity contribution < 1.29 is 27.1 Å². The zero-order valence-corrected chi connectivity index (χ0v) is 24.4. The van der Waals surface area contributed by atoms with Gasteiger partial charge in [0.15, 0.2) is 0 Å². The first-order chi connectivity index (χ1) is 19.0. The fraction of sp³-hybridized carbons (Fsp3) is 0.310. The van der Waals surface area contributed by atoms with Gasteiger partial charge in [-0.25, -0.2) is 12.8 Å². The van der Waals surface area contributed by atoms with E-state index in [2.05, 4.69) is 5.32 Å². The van der Waals surface area contributed by atoms with Crippen LogP contribution in [-0.4, -0.2) is 50.9 Å². The second-order valence-corrected chi connectivity index (χ2v) is 11.6. The lowest BCUT2D eigenvalue weighted by Crippen LogP contribution is -2.52. The van der Waals surface area contributed by atoms with Crippen LogP contribution in [-0.2, 0) is 26.2 Å². The standard InChI is InChI=1S/C29H33ClFN3O5S/c1-5-20(2)32-29(36)21(3)33(18-22-6-8-23(30)9-7-22)28(35)19-34(25-12-10-24(31)11-13-25)40(37,38)27-16-14-26(39-4)15-17-27/h6-17,20-21H,5,18-19H2,1-4H3,(H,32,36)/t20-,21+/m1/s1. The van der Waals surface area contributed by atoms with Crippen molar-refractivity contribution >= 4 is 39.1 Å². The summed E-state index contributed by atoms with van der Waals surface area (Å²) in [6.45, 7) is 4.77. The summed E-state index contributed by atoms with van der Waals surface area (Å²) in [6.07, 6.45) is 0.696. The molecule has 3 aromatic rings. The van der Waals surface area contributed by atoms with E-state index in [0.29, 0.717) is 22.8 Å². The Kier molecular flexibility index (Phi) is 10.5. The minimum atomic E-state index is -4.28. The highest BCUT2D eigenvalue weighted by Gasteiger charge is 2.32. The average Bonchev–Trinajstić information content (AvgIpc) is 2.95. The number of amides is 2. The second kappa shape index (κ2) is 13.6. The van der Waals surface area contributed by atoms with Gasteiger partial charge in [0.2, 0.25) is 11.8 Å². The number of nitrogens with zero attached hydrogens (tertiary/aromatic N) is 2. The largest absolute Gasteiger partial charge is 0.497 e. The smallest absolute Gasteiger partial charge is 0.264 e. The number of rotatable bonds is 12. The van der Waals surface area contributed by atoms with Crippen molar-refractivity contribution in [3.8, 4) is 5.75 Å². The molecule has 0 aliphatic rings. The molecule has 0 saturated heterocycles. The summed E-state index contributed by atoms with van der Waals surface area (Å²) in [7, 11) is -2.82. The average molecular weight is 590 g/mol. The number of methoxy groups -OCH3 is 1. The number of carbonyl (C=O) groups is 2. The molecule has 0 aliphatic heterocycles. The van der Waals surface area contributed by atoms with Gasteiger partial charge in [0.1, 0.15) is 24.2 Å². The van der Waals surface area contributed by atoms with Gasteiger partial charge in [-0.2, -0.15) is 0 Å². The molecule has 0 radical (unpaired) electrons. The molecule has 0 aliphatic carbocycles. The molecular weight excluding hydrogens is 557 g/mol. The maximum atomic E-state index is 13.9. The lowest BCUT2D eigenvalue weighted by molar-refractivity contribution is -0.139. The molecule has 0 fully saturated rings. The number of halogens is 2. The monoisotopic (exact) mass is 589 g/mol. The minimum Gasteiger partial charge on any atom is -0.497 e. The number of nitrogens with one attached hydrogen (secondary N) is 1. The fourth-order valence-corrected chi connectivity index (χ4v) is 5.39. The van der Waals surface area contributed by atoms with Gasteiger partial charge in [-0.05, 0) is 86.5 Å². The third-order valence-electron chi connectivity index (χ3n) is 6.48. The topological polar surface area (TPSA) is 96.0 Å². The van der Waals surface area contributed by atoms with Crippen molar-refractivity contribution in [2.75, 3.05) is 18.0 Å². The van der Waals surface area contributed by atoms with Crippen LogP contribution in [0.2, 0.25) is 5.02 Å². The van der Waals surface area contributed by atoms with Crippen LogP contribution in [0, 0.1) is 5.82 Å². The van der Waals surface area contributed by atoms with E-state index in [0.717, 1.165) is 16.4 Å². The van der Waals surface area contributed by atoms with Crippen LogP contribution in [0.3, 0.4) is 0 Å². The molecule has 0 heterocycles. The van der Waals surface area contributed by atoms with Gasteiger partial charge in [-0.15, -0.1) is 0 Å². The first kappa shape index (κ1) is 30.9. The molecule has 2 amide bonds. The second-order valence-electron chi connectivity index (χ2n) is 9.31. The third-order valence-corrected chi connectivity index (χ3v) is 8.52. The third kappa shape index (κ3) is 7.73. The molecule has 0 bridgehead atoms. The maximum absolute atomic E-state index is 13.9. The Labute approximate surface area is 239 Å². The molecule has 3 aromatic carbocycles. The molecule has 214 valence electrons. The first-order valence-electron chi connectivity index (χ1n) is 12.7. The van der Waals surface area contributed by atoms with Crippen molar-refractivity contribution in [3.05, 3.63) is 89.2 Å². The number of hydrogen-bond donors (Lipinski definition) is 1. The zero-order valence-electron chi connectivity index (χ0n) is 22.8. The molecule has 0 saturated carbocycles. The number of sulfonamides is 1. The van der Waals surface area contributed by atoms with Crippen LogP contribution in [0.4, 0.5) is 10.1 Å². The fourth-order valence-electron chi connectivity index (χ4n) is 3.85. The molecule has 3 rings (SSSR count). The van der Waals surface area contributed by atoms with E-state index in [1.54, 1.807) is 31.2 Å². The molecule has 2 atom stereocenters. The van der Waals surface area contributed by atoms with Gasteiger partial charge in [-0.3, -0.25) is 13.9 Å². The van der Waals surface area contributed by atoms with Crippen molar-refractivity contribution in [1.82, 2.24) is 10.2 Å². The van der Waals surface area contributed by atoms with Gasteiger partial charge >= 0.3 is 0 Å². The Balaban J connectivity index is 2.01. The Morgan fingerprint density at radius 2 is 1.57 bits per heavy atom. The predicted octanol–water partition coefficient (Wildman–Crippen LogP) is 5.02. The van der Waals surface area contributed by atoms with Crippen LogP contribution in [0.15, 0.2) is 77.7 Å². The van der Waals surface area contributed by atoms with Crippen LogP contribution in [0.25, 0.3) is 0 Å². The number of hydrogen-bond acceptors (Lipinski definition) is 5. The Bertz CT molecular complexity index is 1400. The van der Waals surface area contributed by atoms with E-state index in [1.165, 1.54) is 48.4 Å². The van der Waals surface area contributed by atoms with Crippen LogP contribution in [0.5, 0.6) is 5.75 Å². The normalized spacial score (nSPS) is 12.8. The van der Waals surface area contributed by atoms with Crippen LogP contribution >= 0.6 is 11.6 Å². The highest BCUT2D eigenvalue weighted by atomic mass is 35.5. The minimum absolute atomic E-state index is 0.0327. The molecule has 0 unspecified atom stereocenters. The van der Waals surface area contributed by atoms with Crippen molar-refractivity contribution in [1.29, 1.82) is 0 Å². The molecular formula is C29H33ClFN3O5S. The molecule has 1 N–H and O–H groups in total. The van der Waals surface area contributed by atoms with Crippen molar-refractivity contribution in [2.45, 2.75) is 50.7 Å². The zero-order chi connectivity index (χ0) is 29.4. The van der Waals surface area contributed by atoms with Crippen LogP contribution in [0.1, 0.15) is 32.8 Å². The van der Waals surface area contributed by atoms with E-state index < -0.39 is 34.3 Å². The summed E-state index contributed by atoms with van der Waals surface area (Å²) in [5.74, 6) is -1.10. The van der Waals surface area contributed by atoms with Crippen LogP contribution < -0.4 is 14.4 Å². The predicted molar refractivity (Wildman–Crippen MR) is 153 cm³/mol. The van der Waals surface area contributed by atoms with Gasteiger partial charge in [0.25, 0.3) is 10.0 Å². The Hall–Kier alpha value is -3.63. The molecule has 0 spiro atoms. The van der Waals surface area contributed by atoms with Gasteiger partial charge in [0.05, 0.1) is 17.7 Å². The number of carbonyl (C=O) groups excluding carboxylic acids is 2. The summed E-state index contributed by atoms with van der Waals surface area (Å²) in [5, 5.41) is 3.39. The highest BCUT2D eigenvalue weighted by molar-refractivity contribution is 7.92. The summed E-state index contributed by atoms with van der Waals surface area (Å²) >= 11 is 6.02. The number of benzene rings is 3. The molecule has 0 aromatic heterocycles. The van der Waals surface area contributed by atoms with E-state index in [4.69, 9.17) is 16.3 Å². The summed E-state index contributed by atoms with van der Waals surface area (Å²) in [4.78, 5) is 28.2. The first-order valence-corrected chi connectivity index (χ1v) is 14.5. The van der Waals surface area contributed by atoms with Gasteiger partial charge in [0, 0.05) is 17.6 Å². The highest BCUT2D eigenvalue weighted by Crippen LogP contribution is 2.26. The summed E-state index contributed by atoms with van der Waals surface area (Å²) in [6, 6.07) is 16.3. The Morgan fingerprint density at radius 1 is 0.975 bits per heavy atom. The quantitative estimate of drug-likeness (QED) is 0.320. The van der Waals surface area contributed by atoms with E-state index in [1.807, 2.05) is 13.8 Å². The lowest BCUT2D eigenvalue weighted by Gasteiger charge is -2.32. The Morgan fingerprint density at radius 3 is 2.12 bits per heavy atom. The van der Waals surface area contributed by atoms with Crippen molar-refractivity contribution in [3.63, 3.8) is 0 Å². The number of anilines is 1. The van der Waals surface area contributed by atoms with E-state index in [-0.39, 0.29) is 29.1 Å². The molecule has 40 heavy (non-hydrogen) atoms. The summed E-state index contributed by atoms with van der Waals surface area (Å²) < 4.78 is 47.3. The van der Waals surface area contributed by atoms with E-state index in [9.17, 15) is 22.4 Å². The lowest BCUT2D eigenvalue weighted by atomic mass is 10.1. The number of ether oxygens (including phenoxy) is 1. The van der Waals surface area contributed by atoms with Gasteiger partial charge in [-0.1, -0.05) is 30.7 Å². The van der Waals surface area contributed by atoms with Gasteiger partial charge < -0.3 is 15.0 Å². The summed E-state index contributed by atoms with van der Waals surface area (Å²) in [5.41, 5.74) is 0.793. The molecule has 8 nitrogen and oxygen atoms in total. The maximum Gasteiger partial charge on any atom is 0.264 e.